The Kier molecular flexibility index (Phi) is 3.10. The van der Waals surface area contributed by atoms with E-state index in [9.17, 15) is 9.18 Å². The maximum absolute atomic E-state index is 12.7. The monoisotopic (exact) mass is 217 g/mol. The van der Waals surface area contributed by atoms with Gasteiger partial charge in [-0.15, -0.1) is 0 Å². The van der Waals surface area contributed by atoms with Crippen LogP contribution in [0, 0.1) is 6.42 Å². The Balaban J connectivity index is 2.04. The molecule has 81 valence electrons. The Morgan fingerprint density at radius 1 is 1.38 bits per heavy atom. The molecule has 0 saturated heterocycles. The lowest BCUT2D eigenvalue weighted by atomic mass is 10.1. The molecule has 0 atom stereocenters. The van der Waals surface area contributed by atoms with Crippen LogP contribution in [0.15, 0.2) is 48.1 Å². The van der Waals surface area contributed by atoms with Gasteiger partial charge in [0.2, 0.25) is 0 Å². The Morgan fingerprint density at radius 3 is 2.88 bits per heavy atom. The summed E-state index contributed by atoms with van der Waals surface area (Å²) in [6.07, 6.45) is 6.22. The minimum atomic E-state index is -0.282. The topological polar surface area (TPSA) is 42.0 Å². The van der Waals surface area contributed by atoms with Gasteiger partial charge in [-0.3, -0.25) is 9.78 Å². The normalized spacial score (nSPS) is 15.1. The smallest absolute Gasteiger partial charge is 0.273 e. The van der Waals surface area contributed by atoms with Crippen LogP contribution in [0.25, 0.3) is 0 Å². The highest BCUT2D eigenvalue weighted by Gasteiger charge is 2.11. The number of nitrogens with zero attached hydrogens (tertiary/aromatic N) is 1. The zero-order valence-electron chi connectivity index (χ0n) is 8.48. The molecule has 1 N–H and O–H groups in total. The number of hydrogen-bond acceptors (Lipinski definition) is 2. The fraction of sp³-hybridized carbons (Fsp3) is 0.0833. The highest BCUT2D eigenvalue weighted by molar-refractivity contribution is 5.93. The van der Waals surface area contributed by atoms with E-state index in [4.69, 9.17) is 0 Å². The number of halogens is 1. The molecule has 0 aliphatic heterocycles. The summed E-state index contributed by atoms with van der Waals surface area (Å²) in [4.78, 5) is 15.6. The number of carbonyl (C=O) groups is 1. The van der Waals surface area contributed by atoms with Crippen LogP contribution in [0.2, 0.25) is 0 Å². The summed E-state index contributed by atoms with van der Waals surface area (Å²) in [5.74, 6) is -0.563. The van der Waals surface area contributed by atoms with Gasteiger partial charge in [0.25, 0.3) is 5.91 Å². The fourth-order valence-electron chi connectivity index (χ4n) is 1.32. The predicted molar refractivity (Wildman–Crippen MR) is 57.9 cm³/mol. The van der Waals surface area contributed by atoms with Gasteiger partial charge in [0.05, 0.1) is 0 Å². The Morgan fingerprint density at radius 2 is 2.25 bits per heavy atom. The number of carbonyl (C=O) groups excluding carboxylic acids is 1. The maximum atomic E-state index is 12.7. The first-order chi connectivity index (χ1) is 7.75. The SMILES string of the molecule is O=C(NC1=CC=C(F)[CH]C1)c1ccccn1. The van der Waals surface area contributed by atoms with Gasteiger partial charge in [-0.2, -0.15) is 0 Å². The van der Waals surface area contributed by atoms with E-state index < -0.39 is 0 Å². The first kappa shape index (κ1) is 10.5. The number of hydrogen-bond donors (Lipinski definition) is 1. The summed E-state index contributed by atoms with van der Waals surface area (Å²) in [7, 11) is 0. The van der Waals surface area contributed by atoms with Crippen LogP contribution in [-0.4, -0.2) is 10.9 Å². The summed E-state index contributed by atoms with van der Waals surface area (Å²) < 4.78 is 12.7. The third-order valence-electron chi connectivity index (χ3n) is 2.13. The second-order valence-corrected chi connectivity index (χ2v) is 3.32. The van der Waals surface area contributed by atoms with Crippen molar-refractivity contribution in [3.05, 3.63) is 60.2 Å². The summed E-state index contributed by atoms with van der Waals surface area (Å²) in [6.45, 7) is 0. The zero-order chi connectivity index (χ0) is 11.4. The molecule has 1 radical (unpaired) electrons. The first-order valence-electron chi connectivity index (χ1n) is 4.87. The van der Waals surface area contributed by atoms with Crippen molar-refractivity contribution in [2.45, 2.75) is 6.42 Å². The van der Waals surface area contributed by atoms with E-state index in [2.05, 4.69) is 10.3 Å². The van der Waals surface area contributed by atoms with E-state index in [1.807, 2.05) is 0 Å². The van der Waals surface area contributed by atoms with Crippen molar-refractivity contribution < 1.29 is 9.18 Å². The molecule has 1 aromatic rings. The molecule has 1 aromatic heterocycles. The molecule has 0 spiro atoms. The lowest BCUT2D eigenvalue weighted by Crippen LogP contribution is -2.24. The van der Waals surface area contributed by atoms with E-state index in [0.717, 1.165) is 0 Å². The predicted octanol–water partition coefficient (Wildman–Crippen LogP) is 2.16. The van der Waals surface area contributed by atoms with Crippen LogP contribution in [0.5, 0.6) is 0 Å². The van der Waals surface area contributed by atoms with Crippen LogP contribution < -0.4 is 5.32 Å². The molecule has 1 heterocycles. The molecular formula is C12H10FN2O. The fourth-order valence-corrected chi connectivity index (χ4v) is 1.32. The Labute approximate surface area is 92.7 Å². The van der Waals surface area contributed by atoms with Crippen molar-refractivity contribution in [3.63, 3.8) is 0 Å². The average Bonchev–Trinajstić information content (AvgIpc) is 2.33. The minimum absolute atomic E-state index is 0.282. The lowest BCUT2D eigenvalue weighted by Gasteiger charge is -2.11. The zero-order valence-corrected chi connectivity index (χ0v) is 8.48. The van der Waals surface area contributed by atoms with Crippen LogP contribution in [0.4, 0.5) is 4.39 Å². The Hall–Kier alpha value is -1.97. The van der Waals surface area contributed by atoms with E-state index in [1.165, 1.54) is 12.5 Å². The number of amides is 1. The van der Waals surface area contributed by atoms with Gasteiger partial charge in [-0.05, 0) is 30.7 Å². The molecule has 0 bridgehead atoms. The minimum Gasteiger partial charge on any atom is -0.324 e. The number of aromatic nitrogens is 1. The van der Waals surface area contributed by atoms with Gasteiger partial charge in [-0.25, -0.2) is 4.39 Å². The molecule has 0 aromatic carbocycles. The molecule has 2 rings (SSSR count). The van der Waals surface area contributed by atoms with Crippen molar-refractivity contribution in [1.82, 2.24) is 10.3 Å². The summed E-state index contributed by atoms with van der Waals surface area (Å²) >= 11 is 0. The van der Waals surface area contributed by atoms with Crippen molar-refractivity contribution in [1.29, 1.82) is 0 Å². The third kappa shape index (κ3) is 2.53. The molecule has 0 fully saturated rings. The Bertz CT molecular complexity index is 451. The number of rotatable bonds is 2. The number of pyridine rings is 1. The molecule has 1 aliphatic rings. The molecule has 1 amide bonds. The quantitative estimate of drug-likeness (QED) is 0.824. The second-order valence-electron chi connectivity index (χ2n) is 3.32. The number of allylic oxidation sites excluding steroid dienone is 4. The number of nitrogens with one attached hydrogen (secondary N) is 1. The largest absolute Gasteiger partial charge is 0.324 e. The van der Waals surface area contributed by atoms with Gasteiger partial charge >= 0.3 is 0 Å². The van der Waals surface area contributed by atoms with Crippen molar-refractivity contribution in [2.75, 3.05) is 0 Å². The van der Waals surface area contributed by atoms with E-state index >= 15 is 0 Å². The van der Waals surface area contributed by atoms with Crippen LogP contribution >= 0.6 is 0 Å². The standard InChI is InChI=1S/C12H10FN2O/c13-9-4-6-10(7-5-9)15-12(16)11-3-1-2-8-14-11/h1-6,8H,7H2,(H,15,16). The highest BCUT2D eigenvalue weighted by atomic mass is 19.1. The van der Waals surface area contributed by atoms with Gasteiger partial charge < -0.3 is 5.32 Å². The van der Waals surface area contributed by atoms with E-state index in [0.29, 0.717) is 17.8 Å². The summed E-state index contributed by atoms with van der Waals surface area (Å²) in [5, 5.41) is 2.67. The molecule has 0 unspecified atom stereocenters. The van der Waals surface area contributed by atoms with Gasteiger partial charge in [0.15, 0.2) is 0 Å². The average molecular weight is 217 g/mol. The molecular weight excluding hydrogens is 207 g/mol. The molecule has 0 saturated carbocycles. The van der Waals surface area contributed by atoms with Crippen LogP contribution in [-0.2, 0) is 0 Å². The lowest BCUT2D eigenvalue weighted by molar-refractivity contribution is 0.0960. The van der Waals surface area contributed by atoms with Crippen LogP contribution in [0.3, 0.4) is 0 Å². The van der Waals surface area contributed by atoms with Crippen molar-refractivity contribution in [2.24, 2.45) is 0 Å². The highest BCUT2D eigenvalue weighted by Crippen LogP contribution is 2.16. The van der Waals surface area contributed by atoms with Crippen LogP contribution in [0.1, 0.15) is 16.9 Å². The third-order valence-corrected chi connectivity index (χ3v) is 2.13. The molecule has 1 aliphatic carbocycles. The molecule has 3 nitrogen and oxygen atoms in total. The first-order valence-corrected chi connectivity index (χ1v) is 4.87. The van der Waals surface area contributed by atoms with Gasteiger partial charge in [0.1, 0.15) is 11.5 Å². The van der Waals surface area contributed by atoms with Gasteiger partial charge in [0, 0.05) is 18.3 Å². The summed E-state index contributed by atoms with van der Waals surface area (Å²) in [5.41, 5.74) is 1.01. The maximum Gasteiger partial charge on any atom is 0.273 e. The summed E-state index contributed by atoms with van der Waals surface area (Å²) in [6, 6.07) is 5.10. The molecule has 4 heteroatoms. The van der Waals surface area contributed by atoms with E-state index in [1.54, 1.807) is 30.5 Å². The van der Waals surface area contributed by atoms with Gasteiger partial charge in [-0.1, -0.05) is 6.07 Å². The second kappa shape index (κ2) is 4.70. The molecule has 16 heavy (non-hydrogen) atoms. The van der Waals surface area contributed by atoms with Crippen molar-refractivity contribution in [3.8, 4) is 0 Å². The van der Waals surface area contributed by atoms with Crippen molar-refractivity contribution >= 4 is 5.91 Å². The van der Waals surface area contributed by atoms with E-state index in [-0.39, 0.29) is 11.7 Å².